The Morgan fingerprint density at radius 3 is 2.55 bits per heavy atom. The van der Waals surface area contributed by atoms with Crippen LogP contribution in [0.4, 0.5) is 0 Å². The van der Waals surface area contributed by atoms with Gasteiger partial charge < -0.3 is 10.6 Å². The standard InChI is InChI=1S/C8H15N2O/c1-7(9)8(11)10-5-3-2-4-6-10/h2,7H,3-6,9H2,1H3/t7-/m1/s1. The van der Waals surface area contributed by atoms with Crippen LogP contribution in [0.25, 0.3) is 0 Å². The molecule has 0 unspecified atom stereocenters. The predicted octanol–water partition coefficient (Wildman–Crippen LogP) is 0.160. The first-order valence-corrected chi connectivity index (χ1v) is 4.08. The summed E-state index contributed by atoms with van der Waals surface area (Å²) in [7, 11) is 0. The summed E-state index contributed by atoms with van der Waals surface area (Å²) in [6.45, 7) is 3.43. The van der Waals surface area contributed by atoms with Gasteiger partial charge in [-0.15, -0.1) is 0 Å². The number of rotatable bonds is 1. The Kier molecular flexibility index (Phi) is 2.88. The zero-order valence-corrected chi connectivity index (χ0v) is 6.92. The van der Waals surface area contributed by atoms with Crippen molar-refractivity contribution in [2.24, 2.45) is 5.73 Å². The minimum absolute atomic E-state index is 0.0816. The van der Waals surface area contributed by atoms with E-state index in [1.807, 2.05) is 4.90 Å². The Bertz CT molecular complexity index is 139. The number of hydrogen-bond donors (Lipinski definition) is 1. The molecule has 0 aromatic heterocycles. The smallest absolute Gasteiger partial charge is 0.239 e. The van der Waals surface area contributed by atoms with Crippen molar-refractivity contribution in [3.63, 3.8) is 0 Å². The van der Waals surface area contributed by atoms with Crippen LogP contribution in [-0.2, 0) is 4.79 Å². The van der Waals surface area contributed by atoms with Gasteiger partial charge in [0.1, 0.15) is 0 Å². The van der Waals surface area contributed by atoms with Crippen molar-refractivity contribution in [1.82, 2.24) is 4.90 Å². The van der Waals surface area contributed by atoms with Crippen molar-refractivity contribution in [3.8, 4) is 0 Å². The molecule has 0 bridgehead atoms. The van der Waals surface area contributed by atoms with Crippen LogP contribution < -0.4 is 5.73 Å². The van der Waals surface area contributed by atoms with Crippen LogP contribution in [0.1, 0.15) is 19.8 Å². The summed E-state index contributed by atoms with van der Waals surface area (Å²) in [6.07, 6.45) is 4.24. The van der Waals surface area contributed by atoms with Crippen molar-refractivity contribution in [1.29, 1.82) is 0 Å². The molecule has 1 atom stereocenters. The Morgan fingerprint density at radius 1 is 1.55 bits per heavy atom. The molecule has 1 fully saturated rings. The van der Waals surface area contributed by atoms with Crippen LogP contribution in [0.3, 0.4) is 0 Å². The zero-order chi connectivity index (χ0) is 8.27. The second-order valence-corrected chi connectivity index (χ2v) is 2.98. The van der Waals surface area contributed by atoms with Crippen molar-refractivity contribution in [2.75, 3.05) is 13.1 Å². The first kappa shape index (κ1) is 8.53. The molecule has 0 aromatic rings. The molecule has 11 heavy (non-hydrogen) atoms. The molecule has 3 heteroatoms. The molecule has 1 rings (SSSR count). The number of hydrogen-bond acceptors (Lipinski definition) is 2. The molecule has 1 heterocycles. The minimum atomic E-state index is -0.340. The summed E-state index contributed by atoms with van der Waals surface area (Å²) < 4.78 is 0. The molecule has 0 aliphatic carbocycles. The molecule has 1 amide bonds. The molecule has 1 aliphatic rings. The maximum absolute atomic E-state index is 11.3. The summed E-state index contributed by atoms with van der Waals surface area (Å²) in [5, 5.41) is 0. The van der Waals surface area contributed by atoms with Gasteiger partial charge in [0.05, 0.1) is 6.04 Å². The molecule has 2 N–H and O–H groups in total. The molecule has 0 spiro atoms. The lowest BCUT2D eigenvalue weighted by atomic mass is 10.1. The fourth-order valence-corrected chi connectivity index (χ4v) is 1.26. The topological polar surface area (TPSA) is 46.3 Å². The van der Waals surface area contributed by atoms with Gasteiger partial charge in [0.2, 0.25) is 5.91 Å². The van der Waals surface area contributed by atoms with E-state index in [-0.39, 0.29) is 11.9 Å². The van der Waals surface area contributed by atoms with E-state index in [1.165, 1.54) is 0 Å². The second kappa shape index (κ2) is 3.72. The van der Waals surface area contributed by atoms with E-state index < -0.39 is 0 Å². The Labute approximate surface area is 67.5 Å². The summed E-state index contributed by atoms with van der Waals surface area (Å²) in [5.74, 6) is 0.0816. The summed E-state index contributed by atoms with van der Waals surface area (Å²) in [4.78, 5) is 13.1. The highest BCUT2D eigenvalue weighted by molar-refractivity contribution is 5.81. The number of nitrogens with zero attached hydrogens (tertiary/aromatic N) is 1. The molecule has 1 radical (unpaired) electrons. The largest absolute Gasteiger partial charge is 0.341 e. The van der Waals surface area contributed by atoms with Crippen molar-refractivity contribution < 1.29 is 4.79 Å². The third-order valence-electron chi connectivity index (χ3n) is 1.91. The van der Waals surface area contributed by atoms with Gasteiger partial charge in [0.15, 0.2) is 0 Å². The molecule has 1 saturated heterocycles. The average Bonchev–Trinajstić information content (AvgIpc) is 2.05. The lowest BCUT2D eigenvalue weighted by molar-refractivity contribution is -0.132. The fraction of sp³-hybridized carbons (Fsp3) is 0.750. The first-order valence-electron chi connectivity index (χ1n) is 4.08. The third kappa shape index (κ3) is 2.19. The maximum atomic E-state index is 11.3. The molecular weight excluding hydrogens is 140 g/mol. The first-order chi connectivity index (χ1) is 5.22. The van der Waals surface area contributed by atoms with Crippen molar-refractivity contribution in [2.45, 2.75) is 25.8 Å². The molecule has 3 nitrogen and oxygen atoms in total. The Morgan fingerprint density at radius 2 is 2.09 bits per heavy atom. The zero-order valence-electron chi connectivity index (χ0n) is 6.92. The molecular formula is C8H15N2O. The minimum Gasteiger partial charge on any atom is -0.341 e. The average molecular weight is 155 g/mol. The van der Waals surface area contributed by atoms with Crippen LogP contribution in [0.15, 0.2) is 0 Å². The highest BCUT2D eigenvalue weighted by atomic mass is 16.2. The van der Waals surface area contributed by atoms with Gasteiger partial charge in [-0.3, -0.25) is 4.79 Å². The number of carbonyl (C=O) groups excluding carboxylic acids is 1. The molecule has 0 aromatic carbocycles. The number of carbonyl (C=O) groups is 1. The number of likely N-dealkylation sites (tertiary alicyclic amines) is 1. The highest BCUT2D eigenvalue weighted by Crippen LogP contribution is 2.08. The van der Waals surface area contributed by atoms with E-state index in [0.717, 1.165) is 25.9 Å². The van der Waals surface area contributed by atoms with Gasteiger partial charge in [-0.1, -0.05) is 0 Å². The van der Waals surface area contributed by atoms with E-state index in [9.17, 15) is 4.79 Å². The highest BCUT2D eigenvalue weighted by Gasteiger charge is 2.18. The van der Waals surface area contributed by atoms with Crippen LogP contribution >= 0.6 is 0 Å². The summed E-state index contributed by atoms with van der Waals surface area (Å²) >= 11 is 0. The van der Waals surface area contributed by atoms with Crippen LogP contribution in [-0.4, -0.2) is 29.9 Å². The second-order valence-electron chi connectivity index (χ2n) is 2.98. The van der Waals surface area contributed by atoms with E-state index in [1.54, 1.807) is 6.92 Å². The van der Waals surface area contributed by atoms with Gasteiger partial charge in [0.25, 0.3) is 0 Å². The molecule has 1 aliphatic heterocycles. The van der Waals surface area contributed by atoms with Gasteiger partial charge in [-0.05, 0) is 26.2 Å². The Hall–Kier alpha value is -0.570. The van der Waals surface area contributed by atoms with Gasteiger partial charge >= 0.3 is 0 Å². The number of piperidine rings is 1. The lowest BCUT2D eigenvalue weighted by Gasteiger charge is -2.27. The maximum Gasteiger partial charge on any atom is 0.239 e. The molecule has 63 valence electrons. The van der Waals surface area contributed by atoms with Crippen LogP contribution in [0, 0.1) is 6.42 Å². The lowest BCUT2D eigenvalue weighted by Crippen LogP contribution is -2.44. The number of nitrogens with two attached hydrogens (primary N) is 1. The monoisotopic (exact) mass is 155 g/mol. The number of amides is 1. The third-order valence-corrected chi connectivity index (χ3v) is 1.91. The van der Waals surface area contributed by atoms with Gasteiger partial charge in [-0.2, -0.15) is 0 Å². The van der Waals surface area contributed by atoms with Crippen LogP contribution in [0.5, 0.6) is 0 Å². The van der Waals surface area contributed by atoms with Gasteiger partial charge in [0, 0.05) is 13.1 Å². The van der Waals surface area contributed by atoms with E-state index in [4.69, 9.17) is 5.73 Å². The van der Waals surface area contributed by atoms with Crippen LogP contribution in [0.2, 0.25) is 0 Å². The van der Waals surface area contributed by atoms with E-state index in [0.29, 0.717) is 0 Å². The Balaban J connectivity index is 2.39. The van der Waals surface area contributed by atoms with E-state index >= 15 is 0 Å². The predicted molar refractivity (Wildman–Crippen MR) is 43.8 cm³/mol. The normalized spacial score (nSPS) is 21.5. The van der Waals surface area contributed by atoms with Gasteiger partial charge in [-0.25, -0.2) is 0 Å². The quantitative estimate of drug-likeness (QED) is 0.586. The summed E-state index contributed by atoms with van der Waals surface area (Å²) in [5.41, 5.74) is 5.47. The van der Waals surface area contributed by atoms with Crippen molar-refractivity contribution in [3.05, 3.63) is 6.42 Å². The fourth-order valence-electron chi connectivity index (χ4n) is 1.26. The van der Waals surface area contributed by atoms with E-state index in [2.05, 4.69) is 6.42 Å². The SMILES string of the molecule is C[C@@H](N)C(=O)N1CC[CH]CC1. The summed E-state index contributed by atoms with van der Waals surface area (Å²) in [6, 6.07) is -0.340. The molecule has 0 saturated carbocycles. The van der Waals surface area contributed by atoms with Crippen molar-refractivity contribution >= 4 is 5.91 Å².